The van der Waals surface area contributed by atoms with Crippen molar-refractivity contribution in [1.29, 1.82) is 0 Å². The highest BCUT2D eigenvalue weighted by Crippen LogP contribution is 2.20. The highest BCUT2D eigenvalue weighted by molar-refractivity contribution is 6.38. The van der Waals surface area contributed by atoms with E-state index in [4.69, 9.17) is 0 Å². The molecule has 4 N–H and O–H groups in total. The van der Waals surface area contributed by atoms with E-state index in [9.17, 15) is 24.0 Å². The van der Waals surface area contributed by atoms with Crippen molar-refractivity contribution in [1.82, 2.24) is 31.2 Å². The van der Waals surface area contributed by atoms with Crippen molar-refractivity contribution in [2.75, 3.05) is 0 Å². The van der Waals surface area contributed by atoms with Crippen LogP contribution < -0.4 is 21.3 Å². The Morgan fingerprint density at radius 2 is 1.54 bits per heavy atom. The molecule has 1 fully saturated rings. The molecule has 0 unspecified atom stereocenters. The summed E-state index contributed by atoms with van der Waals surface area (Å²) in [5.74, 6) is -3.52. The summed E-state index contributed by atoms with van der Waals surface area (Å²) >= 11 is 0. The van der Waals surface area contributed by atoms with Crippen LogP contribution in [0.1, 0.15) is 84.1 Å². The van der Waals surface area contributed by atoms with E-state index in [2.05, 4.69) is 31.2 Å². The second kappa shape index (κ2) is 13.3. The minimum absolute atomic E-state index is 0.0293. The summed E-state index contributed by atoms with van der Waals surface area (Å²) < 4.78 is 0. The van der Waals surface area contributed by atoms with Crippen LogP contribution >= 0.6 is 0 Å². The van der Waals surface area contributed by atoms with Crippen LogP contribution in [0.25, 0.3) is 0 Å². The first-order chi connectivity index (χ1) is 17.3. The van der Waals surface area contributed by atoms with Gasteiger partial charge in [-0.1, -0.05) is 53.9 Å². The lowest BCUT2D eigenvalue weighted by Crippen LogP contribution is -2.59. The van der Waals surface area contributed by atoms with Crippen LogP contribution in [0.4, 0.5) is 0 Å². The van der Waals surface area contributed by atoms with E-state index in [0.29, 0.717) is 0 Å². The molecule has 1 heterocycles. The van der Waals surface area contributed by atoms with Gasteiger partial charge in [0.25, 0.3) is 11.8 Å². The summed E-state index contributed by atoms with van der Waals surface area (Å²) in [7, 11) is 0. The first kappa shape index (κ1) is 29.9. The highest BCUT2D eigenvalue weighted by Gasteiger charge is 2.36. The van der Waals surface area contributed by atoms with E-state index in [0.717, 1.165) is 32.1 Å². The number of carbonyl (C=O) groups excluding carboxylic acids is 5. The van der Waals surface area contributed by atoms with Gasteiger partial charge in [-0.15, -0.1) is 0 Å². The Kier molecular flexibility index (Phi) is 10.7. The van der Waals surface area contributed by atoms with E-state index in [-0.39, 0.29) is 17.7 Å². The van der Waals surface area contributed by atoms with E-state index >= 15 is 0 Å². The number of carbonyl (C=O) groups is 5. The predicted molar refractivity (Wildman–Crippen MR) is 137 cm³/mol. The number of ketones is 1. The van der Waals surface area contributed by atoms with Crippen LogP contribution in [0, 0.1) is 11.3 Å². The van der Waals surface area contributed by atoms with Crippen LogP contribution in [0.2, 0.25) is 0 Å². The molecule has 204 valence electrons. The number of hydrogen-bond acceptors (Lipinski definition) is 7. The molecule has 0 radical (unpaired) electrons. The molecule has 3 atom stereocenters. The zero-order valence-electron chi connectivity index (χ0n) is 22.6. The average Bonchev–Trinajstić information content (AvgIpc) is 2.85. The monoisotopic (exact) mass is 516 g/mol. The molecule has 1 aromatic heterocycles. The molecule has 0 aliphatic heterocycles. The molecule has 0 bridgehead atoms. The zero-order valence-corrected chi connectivity index (χ0v) is 22.6. The van der Waals surface area contributed by atoms with Crippen LogP contribution in [0.3, 0.4) is 0 Å². The molecule has 11 nitrogen and oxygen atoms in total. The van der Waals surface area contributed by atoms with E-state index in [1.165, 1.54) is 25.5 Å². The van der Waals surface area contributed by atoms with E-state index < -0.39 is 53.0 Å². The van der Waals surface area contributed by atoms with Gasteiger partial charge in [0.2, 0.25) is 17.6 Å². The Bertz CT molecular complexity index is 969. The number of hydrogen-bond donors (Lipinski definition) is 4. The maximum Gasteiger partial charge on any atom is 0.289 e. The third kappa shape index (κ3) is 8.91. The van der Waals surface area contributed by atoms with Gasteiger partial charge < -0.3 is 21.3 Å². The number of amides is 4. The number of aromatic nitrogens is 2. The molecule has 0 aromatic carbocycles. The fourth-order valence-corrected chi connectivity index (χ4v) is 4.12. The third-order valence-electron chi connectivity index (χ3n) is 6.36. The van der Waals surface area contributed by atoms with Crippen molar-refractivity contribution >= 4 is 29.4 Å². The van der Waals surface area contributed by atoms with Gasteiger partial charge >= 0.3 is 0 Å². The van der Waals surface area contributed by atoms with Crippen LogP contribution in [-0.4, -0.2) is 63.5 Å². The molecule has 1 aliphatic carbocycles. The molecule has 1 aromatic rings. The van der Waals surface area contributed by atoms with Crippen molar-refractivity contribution < 1.29 is 24.0 Å². The van der Waals surface area contributed by atoms with Crippen LogP contribution in [0.5, 0.6) is 0 Å². The largest absolute Gasteiger partial charge is 0.347 e. The van der Waals surface area contributed by atoms with E-state index in [1.54, 1.807) is 34.6 Å². The lowest BCUT2D eigenvalue weighted by molar-refractivity contribution is -0.141. The molecule has 11 heteroatoms. The number of Topliss-reactive ketones (excluding diaryl/α,β-unsaturated/α-hetero) is 1. The SMILES string of the molecule is CC(C)[C@H](NC(=O)[C@H](C)NC(=O)[C@@H](NC(=O)c1cnccn1)C(C)(C)C)C(=O)C(=O)NC1CCCCC1. The second-order valence-electron chi connectivity index (χ2n) is 11.0. The lowest BCUT2D eigenvalue weighted by atomic mass is 9.85. The molecular weight excluding hydrogens is 476 g/mol. The summed E-state index contributed by atoms with van der Waals surface area (Å²) in [4.78, 5) is 71.8. The molecule has 2 rings (SSSR count). The van der Waals surface area contributed by atoms with Crippen molar-refractivity contribution in [2.24, 2.45) is 11.3 Å². The topological polar surface area (TPSA) is 159 Å². The van der Waals surface area contributed by atoms with Gasteiger partial charge in [-0.05, 0) is 31.1 Å². The average molecular weight is 517 g/mol. The first-order valence-electron chi connectivity index (χ1n) is 12.8. The third-order valence-corrected chi connectivity index (χ3v) is 6.36. The number of nitrogens with zero attached hydrogens (tertiary/aromatic N) is 2. The second-order valence-corrected chi connectivity index (χ2v) is 11.0. The maximum atomic E-state index is 13.1. The molecule has 1 saturated carbocycles. The molecule has 0 saturated heterocycles. The maximum absolute atomic E-state index is 13.1. The molecule has 37 heavy (non-hydrogen) atoms. The lowest BCUT2D eigenvalue weighted by Gasteiger charge is -2.31. The predicted octanol–water partition coefficient (Wildman–Crippen LogP) is 1.28. The van der Waals surface area contributed by atoms with Gasteiger partial charge in [-0.25, -0.2) is 4.98 Å². The fraction of sp³-hybridized carbons (Fsp3) is 0.654. The Morgan fingerprint density at radius 1 is 0.892 bits per heavy atom. The van der Waals surface area contributed by atoms with E-state index in [1.807, 2.05) is 0 Å². The number of nitrogens with one attached hydrogen (secondary N) is 4. The summed E-state index contributed by atoms with van der Waals surface area (Å²) in [6.07, 6.45) is 8.90. The Balaban J connectivity index is 2.02. The Hall–Kier alpha value is -3.37. The Morgan fingerprint density at radius 3 is 2.08 bits per heavy atom. The highest BCUT2D eigenvalue weighted by atomic mass is 16.2. The normalized spacial score (nSPS) is 16.7. The van der Waals surface area contributed by atoms with Crippen molar-refractivity contribution in [3.05, 3.63) is 24.3 Å². The summed E-state index contributed by atoms with van der Waals surface area (Å²) in [6.45, 7) is 10.3. The molecule has 0 spiro atoms. The van der Waals surface area contributed by atoms with Gasteiger partial charge in [0.15, 0.2) is 0 Å². The summed E-state index contributed by atoms with van der Waals surface area (Å²) in [5.41, 5.74) is -0.633. The molecular formula is C26H40N6O5. The van der Waals surface area contributed by atoms with Gasteiger partial charge in [-0.2, -0.15) is 0 Å². The van der Waals surface area contributed by atoms with Crippen LogP contribution in [0.15, 0.2) is 18.6 Å². The van der Waals surface area contributed by atoms with Crippen molar-refractivity contribution in [3.63, 3.8) is 0 Å². The van der Waals surface area contributed by atoms with Gasteiger partial charge in [0, 0.05) is 18.4 Å². The minimum Gasteiger partial charge on any atom is -0.347 e. The fourth-order valence-electron chi connectivity index (χ4n) is 4.12. The zero-order chi connectivity index (χ0) is 27.8. The number of rotatable bonds is 10. The van der Waals surface area contributed by atoms with Crippen molar-refractivity contribution in [3.8, 4) is 0 Å². The summed E-state index contributed by atoms with van der Waals surface area (Å²) in [5, 5.41) is 10.7. The first-order valence-corrected chi connectivity index (χ1v) is 12.8. The van der Waals surface area contributed by atoms with Crippen molar-refractivity contribution in [2.45, 2.75) is 97.8 Å². The quantitative estimate of drug-likeness (QED) is 0.341. The molecule has 4 amide bonds. The smallest absolute Gasteiger partial charge is 0.289 e. The van der Waals surface area contributed by atoms with Gasteiger partial charge in [-0.3, -0.25) is 29.0 Å². The van der Waals surface area contributed by atoms with Gasteiger partial charge in [0.05, 0.1) is 12.2 Å². The van der Waals surface area contributed by atoms with Crippen LogP contribution in [-0.2, 0) is 19.2 Å². The van der Waals surface area contributed by atoms with Gasteiger partial charge in [0.1, 0.15) is 17.8 Å². The molecule has 1 aliphatic rings. The standard InChI is InChI=1S/C26H40N6O5/c1-15(2)19(20(33)24(36)30-17-10-8-7-9-11-17)31-22(34)16(3)29-25(37)21(26(4,5)6)32-23(35)18-14-27-12-13-28-18/h12-17,19,21H,7-11H2,1-6H3,(H,29,37)(H,30,36)(H,31,34)(H,32,35)/t16-,19-,21+/m0/s1. The summed E-state index contributed by atoms with van der Waals surface area (Å²) in [6, 6.07) is -3.08. The minimum atomic E-state index is -1.04. The Labute approximate surface area is 218 Å².